The second-order valence-electron chi connectivity index (χ2n) is 5.52. The molecule has 8 heteroatoms. The van der Waals surface area contributed by atoms with Crippen LogP contribution in [0.5, 0.6) is 0 Å². The van der Waals surface area contributed by atoms with Gasteiger partial charge in [-0.2, -0.15) is 0 Å². The highest BCUT2D eigenvalue weighted by molar-refractivity contribution is 8.13. The minimum Gasteiger partial charge on any atom is -0.323 e. The Balaban J connectivity index is 1.85. The van der Waals surface area contributed by atoms with Crippen LogP contribution in [0.2, 0.25) is 0 Å². The Labute approximate surface area is 143 Å². The van der Waals surface area contributed by atoms with Crippen LogP contribution in [0, 0.1) is 6.92 Å². The molecule has 0 atom stereocenters. The van der Waals surface area contributed by atoms with Gasteiger partial charge in [0.25, 0.3) is 10.8 Å². The molecule has 0 spiro atoms. The van der Waals surface area contributed by atoms with Gasteiger partial charge >= 0.3 is 0 Å². The molecule has 1 aliphatic heterocycles. The molecule has 0 bridgehead atoms. The number of hydrogen-bond donors (Lipinski definition) is 1. The Kier molecular flexibility index (Phi) is 4.48. The number of carbonyl (C=O) groups excluding carboxylic acids is 2. The van der Waals surface area contributed by atoms with Gasteiger partial charge in [-0.1, -0.05) is 30.0 Å². The Bertz CT molecular complexity index is 841. The largest absolute Gasteiger partial charge is 0.323 e. The molecule has 1 aliphatic rings. The maximum Gasteiger partial charge on any atom is 0.295 e. The summed E-state index contributed by atoms with van der Waals surface area (Å²) in [5, 5.41) is 2.56. The number of anilines is 1. The lowest BCUT2D eigenvalue weighted by atomic mass is 10.3. The van der Waals surface area contributed by atoms with Gasteiger partial charge in [0.2, 0.25) is 5.91 Å². The molecular weight excluding hydrogens is 328 g/mol. The van der Waals surface area contributed by atoms with E-state index in [4.69, 9.17) is 0 Å². The fourth-order valence-electron chi connectivity index (χ4n) is 2.63. The zero-order valence-corrected chi connectivity index (χ0v) is 14.3. The fraction of sp³-hybridized carbons (Fsp3) is 0.312. The molecule has 0 saturated carbocycles. The van der Waals surface area contributed by atoms with Crippen molar-refractivity contribution in [2.45, 2.75) is 6.92 Å². The van der Waals surface area contributed by atoms with Crippen LogP contribution >= 0.6 is 11.8 Å². The first-order chi connectivity index (χ1) is 11.5. The van der Waals surface area contributed by atoms with Gasteiger partial charge in [0.05, 0.1) is 11.4 Å². The number of hydrogen-bond acceptors (Lipinski definition) is 4. The number of thioether (sulfide) groups is 1. The highest BCUT2D eigenvalue weighted by atomic mass is 32.2. The number of aromatic nitrogens is 2. The summed E-state index contributed by atoms with van der Waals surface area (Å²) >= 11 is 1.20. The van der Waals surface area contributed by atoms with E-state index >= 15 is 0 Å². The van der Waals surface area contributed by atoms with Crippen molar-refractivity contribution in [2.75, 3.05) is 24.2 Å². The molecule has 2 aromatic rings. The van der Waals surface area contributed by atoms with Gasteiger partial charge < -0.3 is 10.2 Å². The molecule has 0 aliphatic carbocycles. The standard InChI is InChI=1S/C16H18N4O3S/c1-11-14(17-13(21)10-19-8-9-24-16(19)23)15(22)20(18(11)2)12-6-4-3-5-7-12/h3-7H,8-10H2,1-2H3,(H,17,21). The van der Waals surface area contributed by atoms with E-state index in [0.717, 1.165) is 5.69 Å². The lowest BCUT2D eigenvalue weighted by molar-refractivity contribution is -0.116. The van der Waals surface area contributed by atoms with Crippen molar-refractivity contribution in [3.8, 4) is 5.69 Å². The van der Waals surface area contributed by atoms with Crippen molar-refractivity contribution in [1.82, 2.24) is 14.3 Å². The number of carbonyl (C=O) groups is 2. The topological polar surface area (TPSA) is 76.3 Å². The summed E-state index contributed by atoms with van der Waals surface area (Å²) in [5.41, 5.74) is 1.32. The van der Waals surface area contributed by atoms with Crippen LogP contribution in [0.4, 0.5) is 10.5 Å². The van der Waals surface area contributed by atoms with Crippen molar-refractivity contribution in [1.29, 1.82) is 0 Å². The minimum absolute atomic E-state index is 0.0368. The molecule has 1 aromatic heterocycles. The van der Waals surface area contributed by atoms with Crippen LogP contribution < -0.4 is 10.9 Å². The zero-order valence-electron chi connectivity index (χ0n) is 13.5. The molecule has 2 amide bonds. The monoisotopic (exact) mass is 346 g/mol. The van der Waals surface area contributed by atoms with Crippen molar-refractivity contribution in [3.63, 3.8) is 0 Å². The van der Waals surface area contributed by atoms with Crippen molar-refractivity contribution in [3.05, 3.63) is 46.4 Å². The third-order valence-corrected chi connectivity index (χ3v) is 4.89. The summed E-state index contributed by atoms with van der Waals surface area (Å²) in [7, 11) is 1.76. The summed E-state index contributed by atoms with van der Waals surface area (Å²) in [6, 6.07) is 9.22. The van der Waals surface area contributed by atoms with E-state index in [2.05, 4.69) is 5.32 Å². The highest BCUT2D eigenvalue weighted by Gasteiger charge is 2.25. The molecule has 1 N–H and O–H groups in total. The van der Waals surface area contributed by atoms with E-state index in [1.165, 1.54) is 21.3 Å². The first-order valence-corrected chi connectivity index (χ1v) is 8.53. The second kappa shape index (κ2) is 6.56. The van der Waals surface area contributed by atoms with Crippen LogP contribution in [0.15, 0.2) is 35.1 Å². The van der Waals surface area contributed by atoms with E-state index in [-0.39, 0.29) is 28.9 Å². The van der Waals surface area contributed by atoms with Crippen LogP contribution in [-0.4, -0.2) is 44.3 Å². The average molecular weight is 346 g/mol. The Morgan fingerprint density at radius 3 is 2.58 bits per heavy atom. The first-order valence-electron chi connectivity index (χ1n) is 7.54. The number of rotatable bonds is 4. The quantitative estimate of drug-likeness (QED) is 0.912. The molecule has 0 radical (unpaired) electrons. The second-order valence-corrected chi connectivity index (χ2v) is 6.57. The number of amides is 2. The molecule has 1 fully saturated rings. The number of benzene rings is 1. The number of para-hydroxylation sites is 1. The van der Waals surface area contributed by atoms with Crippen LogP contribution in [0.3, 0.4) is 0 Å². The summed E-state index contributed by atoms with van der Waals surface area (Å²) in [5.74, 6) is 0.328. The first kappa shape index (κ1) is 16.4. The van der Waals surface area contributed by atoms with Crippen LogP contribution in [0.1, 0.15) is 5.69 Å². The van der Waals surface area contributed by atoms with Crippen molar-refractivity contribution < 1.29 is 9.59 Å². The lowest BCUT2D eigenvalue weighted by Gasteiger charge is -2.13. The molecule has 24 heavy (non-hydrogen) atoms. The van der Waals surface area contributed by atoms with Gasteiger partial charge in [0, 0.05) is 19.3 Å². The maximum atomic E-state index is 12.7. The summed E-state index contributed by atoms with van der Waals surface area (Å²) in [4.78, 5) is 38.0. The fourth-order valence-corrected chi connectivity index (χ4v) is 3.46. The Morgan fingerprint density at radius 1 is 1.25 bits per heavy atom. The van der Waals surface area contributed by atoms with E-state index < -0.39 is 0 Å². The molecular formula is C16H18N4O3S. The molecule has 7 nitrogen and oxygen atoms in total. The van der Waals surface area contributed by atoms with E-state index in [0.29, 0.717) is 18.0 Å². The van der Waals surface area contributed by atoms with Gasteiger partial charge in [0.15, 0.2) is 0 Å². The average Bonchev–Trinajstić information content (AvgIpc) is 3.05. The van der Waals surface area contributed by atoms with Gasteiger partial charge in [-0.25, -0.2) is 4.68 Å². The zero-order chi connectivity index (χ0) is 17.3. The summed E-state index contributed by atoms with van der Waals surface area (Å²) in [6.07, 6.45) is 0. The highest BCUT2D eigenvalue weighted by Crippen LogP contribution is 2.17. The van der Waals surface area contributed by atoms with Crippen molar-refractivity contribution >= 4 is 28.6 Å². The smallest absolute Gasteiger partial charge is 0.295 e. The lowest BCUT2D eigenvalue weighted by Crippen LogP contribution is -2.34. The van der Waals surface area contributed by atoms with E-state index in [1.807, 2.05) is 30.3 Å². The normalized spacial score (nSPS) is 14.2. The minimum atomic E-state index is -0.364. The number of nitrogens with zero attached hydrogens (tertiary/aromatic N) is 3. The third-order valence-electron chi connectivity index (χ3n) is 4.00. The molecule has 126 valence electrons. The van der Waals surface area contributed by atoms with Gasteiger partial charge in [-0.05, 0) is 19.1 Å². The van der Waals surface area contributed by atoms with Gasteiger partial charge in [-0.3, -0.25) is 19.1 Å². The Morgan fingerprint density at radius 2 is 1.96 bits per heavy atom. The van der Waals surface area contributed by atoms with E-state index in [1.54, 1.807) is 18.7 Å². The van der Waals surface area contributed by atoms with Crippen molar-refractivity contribution in [2.24, 2.45) is 7.05 Å². The molecule has 1 aromatic carbocycles. The summed E-state index contributed by atoms with van der Waals surface area (Å²) < 4.78 is 3.20. The number of nitrogens with one attached hydrogen (secondary N) is 1. The SMILES string of the molecule is Cc1c(NC(=O)CN2CCSC2=O)c(=O)n(-c2ccccc2)n1C. The predicted molar refractivity (Wildman–Crippen MR) is 93.8 cm³/mol. The summed E-state index contributed by atoms with van der Waals surface area (Å²) in [6.45, 7) is 2.29. The molecule has 3 rings (SSSR count). The van der Waals surface area contributed by atoms with Crippen LogP contribution in [-0.2, 0) is 11.8 Å². The van der Waals surface area contributed by atoms with Gasteiger partial charge in [0.1, 0.15) is 12.2 Å². The molecule has 1 saturated heterocycles. The van der Waals surface area contributed by atoms with E-state index in [9.17, 15) is 14.4 Å². The Hall–Kier alpha value is -2.48. The maximum absolute atomic E-state index is 12.7. The predicted octanol–water partition coefficient (Wildman–Crippen LogP) is 1.59. The molecule has 2 heterocycles. The van der Waals surface area contributed by atoms with Gasteiger partial charge in [-0.15, -0.1) is 0 Å². The molecule has 0 unspecified atom stereocenters. The van der Waals surface area contributed by atoms with Crippen LogP contribution in [0.25, 0.3) is 5.69 Å². The third kappa shape index (κ3) is 2.96.